The summed E-state index contributed by atoms with van der Waals surface area (Å²) in [5.74, 6) is -0.514. The Morgan fingerprint density at radius 2 is 2.05 bits per heavy atom. The minimum atomic E-state index is -0.489. The Labute approximate surface area is 109 Å². The van der Waals surface area contributed by atoms with Gasteiger partial charge in [0.15, 0.2) is 0 Å². The molecule has 0 bridgehead atoms. The number of phenolic OH excluding ortho intramolecular Hbond substituents is 1. The Morgan fingerprint density at radius 3 is 2.74 bits per heavy atom. The molecule has 6 nitrogen and oxygen atoms in total. The lowest BCUT2D eigenvalue weighted by Gasteiger charge is -2.08. The number of nitrogens with zero attached hydrogens (tertiary/aromatic N) is 2. The summed E-state index contributed by atoms with van der Waals surface area (Å²) in [7, 11) is 1.46. The van der Waals surface area contributed by atoms with Crippen molar-refractivity contribution in [1.82, 2.24) is 9.78 Å². The van der Waals surface area contributed by atoms with Gasteiger partial charge in [-0.3, -0.25) is 9.59 Å². The highest BCUT2D eigenvalue weighted by molar-refractivity contribution is 6.03. The minimum Gasteiger partial charge on any atom is -0.506 e. The number of aryl methyl sites for hydroxylation is 2. The Morgan fingerprint density at radius 1 is 1.32 bits per heavy atom. The van der Waals surface area contributed by atoms with Crippen LogP contribution in [0.1, 0.15) is 16.1 Å². The third-order valence-electron chi connectivity index (χ3n) is 2.59. The van der Waals surface area contributed by atoms with E-state index in [9.17, 15) is 14.7 Å². The van der Waals surface area contributed by atoms with E-state index in [1.165, 1.54) is 25.2 Å². The van der Waals surface area contributed by atoms with Crippen LogP contribution in [-0.4, -0.2) is 20.8 Å². The number of hydrogen-bond acceptors (Lipinski definition) is 4. The van der Waals surface area contributed by atoms with Crippen LogP contribution in [0.2, 0.25) is 0 Å². The molecule has 0 aliphatic carbocycles. The van der Waals surface area contributed by atoms with E-state index in [0.29, 0.717) is 5.69 Å². The van der Waals surface area contributed by atoms with Crippen LogP contribution >= 0.6 is 0 Å². The molecule has 0 radical (unpaired) electrons. The number of aromatic hydroxyl groups is 1. The quantitative estimate of drug-likeness (QED) is 0.789. The standard InChI is InChI=1S/C13H13N3O3/c1-8-3-5-11(17)10(7-8)14-13(19)9-4-6-12(18)16(2)15-9/h3-7,17H,1-2H3,(H,14,19). The van der Waals surface area contributed by atoms with Crippen LogP contribution in [0.25, 0.3) is 0 Å². The van der Waals surface area contributed by atoms with Crippen molar-refractivity contribution < 1.29 is 9.90 Å². The first kappa shape index (κ1) is 12.8. The number of anilines is 1. The smallest absolute Gasteiger partial charge is 0.276 e. The number of carbonyl (C=O) groups is 1. The van der Waals surface area contributed by atoms with Gasteiger partial charge in [-0.1, -0.05) is 6.07 Å². The average molecular weight is 259 g/mol. The number of rotatable bonds is 2. The second-order valence-electron chi connectivity index (χ2n) is 4.16. The van der Waals surface area contributed by atoms with Gasteiger partial charge in [0.2, 0.25) is 0 Å². The second kappa shape index (κ2) is 4.93. The predicted molar refractivity (Wildman–Crippen MR) is 70.3 cm³/mol. The predicted octanol–water partition coefficient (Wildman–Crippen LogP) is 1.05. The topological polar surface area (TPSA) is 84.2 Å². The Kier molecular flexibility index (Phi) is 3.33. The molecule has 0 atom stereocenters. The Bertz CT molecular complexity index is 692. The van der Waals surface area contributed by atoms with Gasteiger partial charge in [-0.05, 0) is 30.7 Å². The van der Waals surface area contributed by atoms with E-state index >= 15 is 0 Å². The molecular formula is C13H13N3O3. The van der Waals surface area contributed by atoms with Crippen molar-refractivity contribution >= 4 is 11.6 Å². The number of carbonyl (C=O) groups excluding carboxylic acids is 1. The fourth-order valence-electron chi connectivity index (χ4n) is 1.56. The fraction of sp³-hybridized carbons (Fsp3) is 0.154. The Balaban J connectivity index is 2.28. The molecule has 98 valence electrons. The highest BCUT2D eigenvalue weighted by Gasteiger charge is 2.11. The molecule has 0 fully saturated rings. The van der Waals surface area contributed by atoms with E-state index in [1.54, 1.807) is 12.1 Å². The minimum absolute atomic E-state index is 0.0243. The van der Waals surface area contributed by atoms with Gasteiger partial charge in [-0.25, -0.2) is 4.68 Å². The highest BCUT2D eigenvalue weighted by Crippen LogP contribution is 2.24. The zero-order valence-electron chi connectivity index (χ0n) is 10.5. The zero-order valence-corrected chi connectivity index (χ0v) is 10.5. The van der Waals surface area contributed by atoms with Crippen LogP contribution in [0, 0.1) is 6.92 Å². The van der Waals surface area contributed by atoms with Crippen LogP contribution in [-0.2, 0) is 7.05 Å². The van der Waals surface area contributed by atoms with Crippen LogP contribution in [0.4, 0.5) is 5.69 Å². The highest BCUT2D eigenvalue weighted by atomic mass is 16.3. The molecular weight excluding hydrogens is 246 g/mol. The molecule has 0 aliphatic heterocycles. The zero-order chi connectivity index (χ0) is 14.0. The number of benzene rings is 1. The van der Waals surface area contributed by atoms with E-state index < -0.39 is 5.91 Å². The van der Waals surface area contributed by atoms with E-state index in [4.69, 9.17) is 0 Å². The molecule has 0 unspecified atom stereocenters. The largest absolute Gasteiger partial charge is 0.506 e. The molecule has 2 aromatic rings. The number of hydrogen-bond donors (Lipinski definition) is 2. The number of nitrogens with one attached hydrogen (secondary N) is 1. The third kappa shape index (κ3) is 2.79. The lowest BCUT2D eigenvalue weighted by atomic mass is 10.2. The molecule has 0 spiro atoms. The summed E-state index contributed by atoms with van der Waals surface area (Å²) in [6.45, 7) is 1.85. The number of phenols is 1. The van der Waals surface area contributed by atoms with Crippen molar-refractivity contribution in [1.29, 1.82) is 0 Å². The maximum Gasteiger partial charge on any atom is 0.276 e. The van der Waals surface area contributed by atoms with Crippen LogP contribution in [0.3, 0.4) is 0 Å². The van der Waals surface area contributed by atoms with Gasteiger partial charge in [-0.15, -0.1) is 0 Å². The molecule has 1 amide bonds. The van der Waals surface area contributed by atoms with Crippen molar-refractivity contribution in [3.63, 3.8) is 0 Å². The molecule has 6 heteroatoms. The normalized spacial score (nSPS) is 10.2. The van der Waals surface area contributed by atoms with E-state index in [2.05, 4.69) is 10.4 Å². The first-order valence-corrected chi connectivity index (χ1v) is 5.62. The maximum absolute atomic E-state index is 11.9. The number of aromatic nitrogens is 2. The lowest BCUT2D eigenvalue weighted by Crippen LogP contribution is -2.23. The molecule has 19 heavy (non-hydrogen) atoms. The summed E-state index contributed by atoms with van der Waals surface area (Å²) in [4.78, 5) is 23.1. The van der Waals surface area contributed by atoms with Gasteiger partial charge >= 0.3 is 0 Å². The first-order chi connectivity index (χ1) is 8.97. The summed E-state index contributed by atoms with van der Waals surface area (Å²) < 4.78 is 1.07. The summed E-state index contributed by atoms with van der Waals surface area (Å²) in [5, 5.41) is 16.0. The average Bonchev–Trinajstić information content (AvgIpc) is 2.37. The van der Waals surface area contributed by atoms with E-state index in [1.807, 2.05) is 6.92 Å². The van der Waals surface area contributed by atoms with Crippen molar-refractivity contribution in [3.05, 3.63) is 51.9 Å². The van der Waals surface area contributed by atoms with Crippen LogP contribution < -0.4 is 10.9 Å². The fourth-order valence-corrected chi connectivity index (χ4v) is 1.56. The third-order valence-corrected chi connectivity index (χ3v) is 2.59. The molecule has 1 aromatic carbocycles. The summed E-state index contributed by atoms with van der Waals surface area (Å²) >= 11 is 0. The molecule has 0 saturated carbocycles. The van der Waals surface area contributed by atoms with Crippen LogP contribution in [0.5, 0.6) is 5.75 Å². The number of amides is 1. The van der Waals surface area contributed by atoms with Crippen LogP contribution in [0.15, 0.2) is 35.1 Å². The molecule has 2 rings (SSSR count). The monoisotopic (exact) mass is 259 g/mol. The van der Waals surface area contributed by atoms with Gasteiger partial charge in [0.1, 0.15) is 11.4 Å². The van der Waals surface area contributed by atoms with Gasteiger partial charge in [0.05, 0.1) is 5.69 Å². The Hall–Kier alpha value is -2.63. The van der Waals surface area contributed by atoms with Gasteiger partial charge in [0, 0.05) is 13.1 Å². The molecule has 2 N–H and O–H groups in total. The van der Waals surface area contributed by atoms with Gasteiger partial charge in [-0.2, -0.15) is 5.10 Å². The summed E-state index contributed by atoms with van der Waals surface area (Å²) in [5.41, 5.74) is 1.01. The molecule has 0 aliphatic rings. The molecule has 1 heterocycles. The SMILES string of the molecule is Cc1ccc(O)c(NC(=O)c2ccc(=O)n(C)n2)c1. The van der Waals surface area contributed by atoms with E-state index in [-0.39, 0.29) is 17.0 Å². The second-order valence-corrected chi connectivity index (χ2v) is 4.16. The van der Waals surface area contributed by atoms with Crippen molar-refractivity contribution in [2.24, 2.45) is 7.05 Å². The van der Waals surface area contributed by atoms with Gasteiger partial charge in [0.25, 0.3) is 11.5 Å². The lowest BCUT2D eigenvalue weighted by molar-refractivity contribution is 0.101. The van der Waals surface area contributed by atoms with Gasteiger partial charge < -0.3 is 10.4 Å². The first-order valence-electron chi connectivity index (χ1n) is 5.62. The summed E-state index contributed by atoms with van der Waals surface area (Å²) in [6.07, 6.45) is 0. The maximum atomic E-state index is 11.9. The molecule has 0 saturated heterocycles. The molecule has 1 aromatic heterocycles. The summed E-state index contributed by atoms with van der Waals surface area (Å²) in [6, 6.07) is 7.48. The van der Waals surface area contributed by atoms with Crippen molar-refractivity contribution in [2.45, 2.75) is 6.92 Å². The van der Waals surface area contributed by atoms with E-state index in [0.717, 1.165) is 10.2 Å². The van der Waals surface area contributed by atoms with Crippen molar-refractivity contribution in [2.75, 3.05) is 5.32 Å². The van der Waals surface area contributed by atoms with Crippen molar-refractivity contribution in [3.8, 4) is 5.75 Å².